The average Bonchev–Trinajstić information content (AvgIpc) is 0.832. The second kappa shape index (κ2) is 41.3. The molecule has 0 aliphatic rings. The third-order valence-electron chi connectivity index (χ3n) is 15.6. The van der Waals surface area contributed by atoms with Crippen LogP contribution >= 0.6 is 0 Å². The topological polar surface area (TPSA) is 198 Å². The first-order valence-electron chi connectivity index (χ1n) is 33.0. The summed E-state index contributed by atoms with van der Waals surface area (Å²) < 4.78 is 29.1. The summed E-state index contributed by atoms with van der Waals surface area (Å²) in [5.41, 5.74) is 16.7. The van der Waals surface area contributed by atoms with Crippen molar-refractivity contribution < 1.29 is 31.3 Å². The normalized spacial score (nSPS) is 9.41. The second-order valence-corrected chi connectivity index (χ2v) is 22.9. The molecule has 0 radical (unpaired) electrons. The molecule has 0 aliphatic heterocycles. The molecule has 0 unspecified atom stereocenters. The highest BCUT2D eigenvalue weighted by atomic mass is 16.4. The van der Waals surface area contributed by atoms with Crippen LogP contribution in [0.1, 0.15) is 71.6 Å². The van der Waals surface area contributed by atoms with Crippen molar-refractivity contribution >= 4 is 5.78 Å². The first-order valence-corrected chi connectivity index (χ1v) is 33.0. The molecule has 13 heteroatoms. The van der Waals surface area contributed by atoms with Crippen LogP contribution in [-0.2, 0) is 0 Å². The fourth-order valence-corrected chi connectivity index (χ4v) is 9.78. The molecular formula is C99H58O13. The molecule has 0 N–H and O–H groups in total. The molecule has 6 heterocycles. The van der Waals surface area contributed by atoms with Crippen molar-refractivity contribution in [1.82, 2.24) is 0 Å². The lowest BCUT2D eigenvalue weighted by Crippen LogP contribution is -2.01. The number of carbonyl (C=O) groups excluding carboxylic acids is 1. The van der Waals surface area contributed by atoms with Gasteiger partial charge in [-0.15, -0.1) is 64.2 Å². The maximum absolute atomic E-state index is 12.7. The number of hydrogen-bond donors (Lipinski definition) is 0. The van der Waals surface area contributed by atoms with E-state index in [1.807, 2.05) is 115 Å². The van der Waals surface area contributed by atoms with Gasteiger partial charge in [-0.1, -0.05) is 156 Å². The predicted molar refractivity (Wildman–Crippen MR) is 438 cm³/mol. The van der Waals surface area contributed by atoms with Gasteiger partial charge in [0.05, 0.1) is 0 Å². The van der Waals surface area contributed by atoms with Gasteiger partial charge in [0.25, 0.3) is 0 Å². The van der Waals surface area contributed by atoms with Crippen molar-refractivity contribution in [2.24, 2.45) is 0 Å². The molecule has 0 spiro atoms. The zero-order chi connectivity index (χ0) is 80.2. The maximum atomic E-state index is 12.7. The SMILES string of the molecule is C#Cc1cc(C#C)cc(C#C)c1.C#Cc1ccc(C#C)c(C#C)c1.C#Cc1ccc(C#C)cc1.C#Cc1cccc(C#C)c1.O=C(c1ccc(-c2ccc(=O)oc2)cc1)c1ccc(-c2ccc(=O)oc2)cc1.O=c1ccc(-c2ccc(-c3ccc(=O)oc3)cc2)co1.O=c1ccc(-c2cccc(-c3ccc(=O)oc3)c2)co1. The van der Waals surface area contributed by atoms with Crippen LogP contribution in [0.3, 0.4) is 0 Å². The summed E-state index contributed by atoms with van der Waals surface area (Å²) in [6.07, 6.45) is 60.4. The summed E-state index contributed by atoms with van der Waals surface area (Å²) in [6, 6.07) is 73.1. The van der Waals surface area contributed by atoms with Gasteiger partial charge in [-0.05, 0) is 155 Å². The molecule has 0 aliphatic carbocycles. The summed E-state index contributed by atoms with van der Waals surface area (Å²) >= 11 is 0. The number of rotatable bonds is 8. The monoisotopic (exact) mass is 1450 g/mol. The lowest BCUT2D eigenvalue weighted by atomic mass is 9.98. The summed E-state index contributed by atoms with van der Waals surface area (Å²) in [6.45, 7) is 0. The molecule has 0 fully saturated rings. The fourth-order valence-electron chi connectivity index (χ4n) is 9.78. The Hall–Kier alpha value is -17.3. The highest BCUT2D eigenvalue weighted by molar-refractivity contribution is 6.09. The second-order valence-electron chi connectivity index (χ2n) is 22.9. The van der Waals surface area contributed by atoms with Gasteiger partial charge in [-0.3, -0.25) is 4.79 Å². The van der Waals surface area contributed by atoms with Gasteiger partial charge in [-0.25, -0.2) is 28.8 Å². The molecule has 112 heavy (non-hydrogen) atoms. The fraction of sp³-hybridized carbons (Fsp3) is 0. The van der Waals surface area contributed by atoms with E-state index in [0.29, 0.717) is 22.3 Å². The van der Waals surface area contributed by atoms with Crippen molar-refractivity contribution in [3.8, 4) is 190 Å². The summed E-state index contributed by atoms with van der Waals surface area (Å²) in [5, 5.41) is 0. The van der Waals surface area contributed by atoms with Gasteiger partial charge >= 0.3 is 33.8 Å². The van der Waals surface area contributed by atoms with E-state index in [9.17, 15) is 33.6 Å². The summed E-state index contributed by atoms with van der Waals surface area (Å²) in [4.78, 5) is 78.6. The lowest BCUT2D eigenvalue weighted by molar-refractivity contribution is 0.103. The van der Waals surface area contributed by atoms with Gasteiger partial charge < -0.3 is 26.5 Å². The molecule has 532 valence electrons. The Morgan fingerprint density at radius 2 is 0.429 bits per heavy atom. The van der Waals surface area contributed by atoms with Gasteiger partial charge in [-0.2, -0.15) is 0 Å². The van der Waals surface area contributed by atoms with E-state index < -0.39 is 11.3 Å². The first-order chi connectivity index (χ1) is 54.4. The lowest BCUT2D eigenvalue weighted by Gasteiger charge is -2.05. The number of ketones is 1. The van der Waals surface area contributed by atoms with Crippen LogP contribution in [0.2, 0.25) is 0 Å². The van der Waals surface area contributed by atoms with Crippen molar-refractivity contribution in [2.45, 2.75) is 0 Å². The largest absolute Gasteiger partial charge is 0.431 e. The predicted octanol–water partition coefficient (Wildman–Crippen LogP) is 16.6. The Morgan fingerprint density at radius 3 is 0.688 bits per heavy atom. The molecule has 14 rings (SSSR count). The minimum Gasteiger partial charge on any atom is -0.431 e. The van der Waals surface area contributed by atoms with Crippen LogP contribution < -0.4 is 33.8 Å². The number of benzene rings is 8. The average molecular weight is 1460 g/mol. The van der Waals surface area contributed by atoms with E-state index in [4.69, 9.17) is 90.7 Å². The number of terminal acetylenes is 10. The van der Waals surface area contributed by atoms with E-state index >= 15 is 0 Å². The first kappa shape index (κ1) is 80.4. The number of hydrogen-bond acceptors (Lipinski definition) is 13. The van der Waals surface area contributed by atoms with Crippen molar-refractivity contribution in [3.05, 3.63) is 422 Å². The smallest absolute Gasteiger partial charge is 0.335 e. The van der Waals surface area contributed by atoms with E-state index in [0.717, 1.165) is 111 Å². The van der Waals surface area contributed by atoms with Crippen molar-refractivity contribution in [2.75, 3.05) is 0 Å². The minimum absolute atomic E-state index is 0.0997. The molecule has 0 saturated heterocycles. The summed E-state index contributed by atoms with van der Waals surface area (Å²) in [5.74, 6) is 24.8. The highest BCUT2D eigenvalue weighted by Gasteiger charge is 2.12. The molecule has 14 aromatic rings. The van der Waals surface area contributed by atoms with Crippen LogP contribution in [-0.4, -0.2) is 5.78 Å². The van der Waals surface area contributed by atoms with E-state index in [2.05, 4.69) is 59.2 Å². The minimum atomic E-state index is -0.406. The van der Waals surface area contributed by atoms with E-state index in [-0.39, 0.29) is 28.3 Å². The Morgan fingerprint density at radius 1 is 0.196 bits per heavy atom. The Labute approximate surface area is 645 Å². The molecule has 6 aromatic heterocycles. The van der Waals surface area contributed by atoms with Crippen molar-refractivity contribution in [3.63, 3.8) is 0 Å². The van der Waals surface area contributed by atoms with E-state index in [1.54, 1.807) is 103 Å². The molecule has 8 aromatic carbocycles. The zero-order valence-corrected chi connectivity index (χ0v) is 59.3. The third kappa shape index (κ3) is 24.2. The maximum Gasteiger partial charge on any atom is 0.335 e. The van der Waals surface area contributed by atoms with Crippen LogP contribution in [0.5, 0.6) is 0 Å². The van der Waals surface area contributed by atoms with Crippen LogP contribution in [0.15, 0.2) is 348 Å². The van der Waals surface area contributed by atoms with E-state index in [1.165, 1.54) is 74.0 Å². The van der Waals surface area contributed by atoms with Crippen LogP contribution in [0.25, 0.3) is 66.8 Å². The van der Waals surface area contributed by atoms with Gasteiger partial charge in [0, 0.05) is 137 Å². The molecule has 0 atom stereocenters. The standard InChI is InChI=1S/C23H14O5.2C16H10O4.2C12H6.2C10H6/c24-21-11-9-19(13-27-21)15-1-5-17(6-2-15)23(26)18-7-3-16(4-8-18)20-10-12-22(25)28-14-20;17-15-7-5-13(9-19-15)11-1-2-12(4-3-11)14-6-8-16(18)20-10-14;17-15-6-4-13(9-19-15)11-2-1-3-12(8-11)14-5-7-16(18)20-10-14;1-4-10-7-11(5-2)9-12(6-3)8-10;1-4-10-7-8-11(5-2)12(6-3)9-10;1-3-9-5-7-10(4-2)8-6-9;1-3-9-6-5-7-10(4-2)8-9/h1-14H;2*1-10H;2*1-3,7-9H;2*1-2,5-8H. The highest BCUT2D eigenvalue weighted by Crippen LogP contribution is 2.28. The number of carbonyl (C=O) groups is 1. The Kier molecular flexibility index (Phi) is 29.6. The van der Waals surface area contributed by atoms with Gasteiger partial charge in [0.2, 0.25) is 0 Å². The van der Waals surface area contributed by atoms with Gasteiger partial charge in [0.1, 0.15) is 37.6 Å². The molecule has 0 amide bonds. The Bertz CT molecular complexity index is 6040. The Balaban J connectivity index is 0.000000170. The summed E-state index contributed by atoms with van der Waals surface area (Å²) in [7, 11) is 0. The molecular weight excluding hydrogens is 1400 g/mol. The molecule has 0 bridgehead atoms. The third-order valence-corrected chi connectivity index (χ3v) is 15.6. The van der Waals surface area contributed by atoms with Crippen LogP contribution in [0.4, 0.5) is 0 Å². The molecule has 13 nitrogen and oxygen atoms in total. The molecule has 0 saturated carbocycles. The zero-order valence-electron chi connectivity index (χ0n) is 59.3. The quantitative estimate of drug-likeness (QED) is 0.103. The van der Waals surface area contributed by atoms with Crippen LogP contribution in [0, 0.1) is 123 Å². The van der Waals surface area contributed by atoms with Crippen molar-refractivity contribution in [1.29, 1.82) is 0 Å². The van der Waals surface area contributed by atoms with Gasteiger partial charge in [0.15, 0.2) is 5.78 Å².